The number of aromatic nitrogens is 2. The van der Waals surface area contributed by atoms with Gasteiger partial charge in [0.15, 0.2) is 0 Å². The highest BCUT2D eigenvalue weighted by Gasteiger charge is 2.40. The van der Waals surface area contributed by atoms with E-state index in [0.29, 0.717) is 11.7 Å². The number of carbonyl (C=O) groups excluding carboxylic acids is 1. The van der Waals surface area contributed by atoms with Gasteiger partial charge in [0, 0.05) is 12.5 Å². The Hall–Kier alpha value is -1.05. The fourth-order valence-electron chi connectivity index (χ4n) is 2.43. The SMILES string of the molecule is COCC1(C(=O)Nc2nnc(C(C)(C)C)s2)CCNCC1. The summed E-state index contributed by atoms with van der Waals surface area (Å²) in [5.74, 6) is -0.0116. The Morgan fingerprint density at radius 1 is 1.38 bits per heavy atom. The Bertz CT molecular complexity index is 484. The summed E-state index contributed by atoms with van der Waals surface area (Å²) < 4.78 is 5.28. The van der Waals surface area contributed by atoms with E-state index in [1.807, 2.05) is 0 Å². The number of amides is 1. The molecule has 0 spiro atoms. The fraction of sp³-hybridized carbons (Fsp3) is 0.786. The van der Waals surface area contributed by atoms with Gasteiger partial charge in [-0.05, 0) is 25.9 Å². The van der Waals surface area contributed by atoms with E-state index >= 15 is 0 Å². The van der Waals surface area contributed by atoms with Gasteiger partial charge in [0.2, 0.25) is 11.0 Å². The van der Waals surface area contributed by atoms with Crippen molar-refractivity contribution in [2.24, 2.45) is 5.41 Å². The minimum Gasteiger partial charge on any atom is -0.384 e. The molecule has 0 bridgehead atoms. The first-order valence-electron chi connectivity index (χ1n) is 7.22. The Labute approximate surface area is 129 Å². The first-order chi connectivity index (χ1) is 9.87. The monoisotopic (exact) mass is 312 g/mol. The molecule has 1 aromatic heterocycles. The van der Waals surface area contributed by atoms with Crippen molar-refractivity contribution >= 4 is 22.4 Å². The topological polar surface area (TPSA) is 76.1 Å². The number of ether oxygens (including phenoxy) is 1. The van der Waals surface area contributed by atoms with E-state index in [9.17, 15) is 4.79 Å². The summed E-state index contributed by atoms with van der Waals surface area (Å²) in [6.45, 7) is 8.35. The molecule has 1 amide bonds. The molecular weight excluding hydrogens is 288 g/mol. The van der Waals surface area contributed by atoms with E-state index < -0.39 is 5.41 Å². The molecule has 2 N–H and O–H groups in total. The van der Waals surface area contributed by atoms with Crippen LogP contribution in [0.25, 0.3) is 0 Å². The second-order valence-corrected chi connectivity index (χ2v) is 7.56. The molecule has 118 valence electrons. The van der Waals surface area contributed by atoms with Crippen LogP contribution in [0.3, 0.4) is 0 Å². The number of nitrogens with zero attached hydrogens (tertiary/aromatic N) is 2. The number of rotatable bonds is 4. The van der Waals surface area contributed by atoms with Crippen LogP contribution in [0.4, 0.5) is 5.13 Å². The first kappa shape index (κ1) is 16.3. The van der Waals surface area contributed by atoms with Crippen LogP contribution in [-0.4, -0.2) is 42.9 Å². The van der Waals surface area contributed by atoms with E-state index in [1.165, 1.54) is 11.3 Å². The van der Waals surface area contributed by atoms with Crippen LogP contribution in [0.15, 0.2) is 0 Å². The van der Waals surface area contributed by atoms with Crippen LogP contribution in [0, 0.1) is 5.41 Å². The van der Waals surface area contributed by atoms with Gasteiger partial charge in [-0.15, -0.1) is 10.2 Å². The summed E-state index contributed by atoms with van der Waals surface area (Å²) in [6.07, 6.45) is 1.55. The van der Waals surface area contributed by atoms with Gasteiger partial charge in [-0.2, -0.15) is 0 Å². The highest BCUT2D eigenvalue weighted by molar-refractivity contribution is 7.15. The average Bonchev–Trinajstić information content (AvgIpc) is 2.88. The van der Waals surface area contributed by atoms with Crippen molar-refractivity contribution in [3.63, 3.8) is 0 Å². The Morgan fingerprint density at radius 3 is 2.57 bits per heavy atom. The van der Waals surface area contributed by atoms with Crippen molar-refractivity contribution < 1.29 is 9.53 Å². The summed E-state index contributed by atoms with van der Waals surface area (Å²) in [6, 6.07) is 0. The molecule has 1 saturated heterocycles. The lowest BCUT2D eigenvalue weighted by Crippen LogP contribution is -2.47. The lowest BCUT2D eigenvalue weighted by molar-refractivity contribution is -0.130. The zero-order valence-corrected chi connectivity index (χ0v) is 14.0. The molecule has 2 heterocycles. The van der Waals surface area contributed by atoms with Crippen LogP contribution in [0.5, 0.6) is 0 Å². The zero-order chi connectivity index (χ0) is 15.5. The van der Waals surface area contributed by atoms with Crippen molar-refractivity contribution in [1.29, 1.82) is 0 Å². The molecule has 2 rings (SSSR count). The van der Waals surface area contributed by atoms with E-state index in [1.54, 1.807) is 7.11 Å². The molecule has 1 fully saturated rings. The lowest BCUT2D eigenvalue weighted by atomic mass is 9.79. The number of methoxy groups -OCH3 is 1. The van der Waals surface area contributed by atoms with Crippen molar-refractivity contribution in [2.75, 3.05) is 32.1 Å². The Morgan fingerprint density at radius 2 is 2.05 bits per heavy atom. The maximum atomic E-state index is 12.7. The van der Waals surface area contributed by atoms with Gasteiger partial charge in [0.05, 0.1) is 12.0 Å². The summed E-state index contributed by atoms with van der Waals surface area (Å²) >= 11 is 1.44. The third-order valence-corrected chi connectivity index (χ3v) is 5.01. The molecule has 1 aliphatic heterocycles. The number of hydrogen-bond donors (Lipinski definition) is 2. The van der Waals surface area contributed by atoms with Gasteiger partial charge in [-0.1, -0.05) is 32.1 Å². The molecule has 0 unspecified atom stereocenters. The second kappa shape index (κ2) is 6.37. The molecule has 6 nitrogen and oxygen atoms in total. The third kappa shape index (κ3) is 3.78. The molecular formula is C14H24N4O2S. The predicted octanol–water partition coefficient (Wildman–Crippen LogP) is 1.79. The van der Waals surface area contributed by atoms with Gasteiger partial charge in [0.25, 0.3) is 0 Å². The molecule has 0 atom stereocenters. The van der Waals surface area contributed by atoms with Crippen molar-refractivity contribution in [3.05, 3.63) is 5.01 Å². The summed E-state index contributed by atoms with van der Waals surface area (Å²) in [4.78, 5) is 12.7. The molecule has 21 heavy (non-hydrogen) atoms. The number of nitrogens with one attached hydrogen (secondary N) is 2. The Kier molecular flexibility index (Phi) is 4.95. The van der Waals surface area contributed by atoms with Crippen molar-refractivity contribution in [3.8, 4) is 0 Å². The molecule has 1 aliphatic rings. The van der Waals surface area contributed by atoms with E-state index in [-0.39, 0.29) is 11.3 Å². The van der Waals surface area contributed by atoms with Crippen LogP contribution in [0.1, 0.15) is 38.6 Å². The van der Waals surface area contributed by atoms with E-state index in [4.69, 9.17) is 4.74 Å². The van der Waals surface area contributed by atoms with Crippen LogP contribution >= 0.6 is 11.3 Å². The number of hydrogen-bond acceptors (Lipinski definition) is 6. The molecule has 7 heteroatoms. The smallest absolute Gasteiger partial charge is 0.234 e. The van der Waals surface area contributed by atoms with Crippen molar-refractivity contribution in [2.45, 2.75) is 39.0 Å². The summed E-state index contributed by atoms with van der Waals surface area (Å²) in [7, 11) is 1.64. The number of carbonyl (C=O) groups is 1. The van der Waals surface area contributed by atoms with Gasteiger partial charge in [-0.25, -0.2) is 0 Å². The first-order valence-corrected chi connectivity index (χ1v) is 8.04. The van der Waals surface area contributed by atoms with E-state index in [2.05, 4.69) is 41.6 Å². The minimum absolute atomic E-state index is 0.0116. The van der Waals surface area contributed by atoms with Gasteiger partial charge in [-0.3, -0.25) is 10.1 Å². The molecule has 0 radical (unpaired) electrons. The van der Waals surface area contributed by atoms with Crippen LogP contribution < -0.4 is 10.6 Å². The maximum Gasteiger partial charge on any atom is 0.234 e. The number of anilines is 1. The predicted molar refractivity (Wildman–Crippen MR) is 83.7 cm³/mol. The van der Waals surface area contributed by atoms with Crippen LogP contribution in [-0.2, 0) is 14.9 Å². The highest BCUT2D eigenvalue weighted by atomic mass is 32.1. The molecule has 1 aromatic rings. The summed E-state index contributed by atoms with van der Waals surface area (Å²) in [5.41, 5.74) is -0.521. The standard InChI is InChI=1S/C14H24N4O2S/c1-13(2,3)11-17-18-12(21-11)16-10(19)14(9-20-4)5-7-15-8-6-14/h15H,5-9H2,1-4H3,(H,16,18,19). The molecule has 0 aliphatic carbocycles. The maximum absolute atomic E-state index is 12.7. The zero-order valence-electron chi connectivity index (χ0n) is 13.2. The Balaban J connectivity index is 2.10. The summed E-state index contributed by atoms with van der Waals surface area (Å²) in [5, 5.41) is 15.9. The molecule has 0 aromatic carbocycles. The normalized spacial score (nSPS) is 18.5. The van der Waals surface area contributed by atoms with Gasteiger partial charge < -0.3 is 10.1 Å². The minimum atomic E-state index is -0.465. The van der Waals surface area contributed by atoms with Crippen molar-refractivity contribution in [1.82, 2.24) is 15.5 Å². The fourth-order valence-corrected chi connectivity index (χ4v) is 3.22. The average molecular weight is 312 g/mol. The van der Waals surface area contributed by atoms with Gasteiger partial charge in [0.1, 0.15) is 5.01 Å². The second-order valence-electron chi connectivity index (χ2n) is 6.58. The number of piperidine rings is 1. The largest absolute Gasteiger partial charge is 0.384 e. The lowest BCUT2D eigenvalue weighted by Gasteiger charge is -2.35. The van der Waals surface area contributed by atoms with Crippen LogP contribution in [0.2, 0.25) is 0 Å². The highest BCUT2D eigenvalue weighted by Crippen LogP contribution is 2.33. The molecule has 0 saturated carbocycles. The quantitative estimate of drug-likeness (QED) is 0.886. The third-order valence-electron chi connectivity index (χ3n) is 3.75. The van der Waals surface area contributed by atoms with Gasteiger partial charge >= 0.3 is 0 Å². The van der Waals surface area contributed by atoms with E-state index in [0.717, 1.165) is 30.9 Å².